The number of alkyl halides is 1. The van der Waals surface area contributed by atoms with Gasteiger partial charge in [-0.3, -0.25) is 4.79 Å². The highest BCUT2D eigenvalue weighted by molar-refractivity contribution is 6.34. The van der Waals surface area contributed by atoms with Crippen LogP contribution >= 0.6 is 23.2 Å². The molecule has 0 heterocycles. The second kappa shape index (κ2) is 3.90. The number of nitrogens with two attached hydrogens (primary N) is 1. The maximum absolute atomic E-state index is 11.2. The minimum absolute atomic E-state index is 0.320. The molecule has 1 atom stereocenters. The molecule has 0 radical (unpaired) electrons. The van der Waals surface area contributed by atoms with Crippen molar-refractivity contribution in [1.29, 1.82) is 0 Å². The summed E-state index contributed by atoms with van der Waals surface area (Å²) in [5, 5.41) is 0.498. The van der Waals surface area contributed by atoms with Crippen LogP contribution in [0.1, 0.15) is 10.4 Å². The summed E-state index contributed by atoms with van der Waals surface area (Å²) in [5.41, 5.74) is 4.63. The van der Waals surface area contributed by atoms with Gasteiger partial charge in [-0.2, -0.15) is 0 Å². The molecule has 0 aromatic heterocycles. The lowest BCUT2D eigenvalue weighted by Crippen LogP contribution is -2.23. The number of ketones is 1. The predicted octanol–water partition coefficient (Wildman–Crippen LogP) is 2.05. The average Bonchev–Trinajstić information content (AvgIpc) is 2.03. The van der Waals surface area contributed by atoms with Gasteiger partial charge in [-0.15, -0.1) is 0 Å². The Morgan fingerprint density at radius 2 is 2.17 bits per heavy atom. The molecule has 0 aliphatic heterocycles. The van der Waals surface area contributed by atoms with Gasteiger partial charge in [0.05, 0.1) is 0 Å². The van der Waals surface area contributed by atoms with Crippen molar-refractivity contribution in [3.8, 4) is 0 Å². The fourth-order valence-electron chi connectivity index (χ4n) is 0.801. The van der Waals surface area contributed by atoms with E-state index in [2.05, 4.69) is 0 Å². The average molecular weight is 204 g/mol. The van der Waals surface area contributed by atoms with E-state index in [0.29, 0.717) is 10.6 Å². The van der Waals surface area contributed by atoms with E-state index in [9.17, 15) is 4.79 Å². The molecule has 0 fully saturated rings. The van der Waals surface area contributed by atoms with E-state index in [-0.39, 0.29) is 5.78 Å². The van der Waals surface area contributed by atoms with Crippen molar-refractivity contribution in [2.24, 2.45) is 5.73 Å². The van der Waals surface area contributed by atoms with Crippen molar-refractivity contribution in [3.63, 3.8) is 0 Å². The molecule has 64 valence electrons. The van der Waals surface area contributed by atoms with Crippen LogP contribution < -0.4 is 5.73 Å². The Morgan fingerprint density at radius 3 is 2.67 bits per heavy atom. The molecule has 12 heavy (non-hydrogen) atoms. The van der Waals surface area contributed by atoms with Gasteiger partial charge >= 0.3 is 0 Å². The molecular formula is C8H7Cl2NO. The van der Waals surface area contributed by atoms with Crippen LogP contribution in [-0.2, 0) is 0 Å². The highest BCUT2D eigenvalue weighted by Crippen LogP contribution is 2.12. The van der Waals surface area contributed by atoms with Crippen LogP contribution in [0.4, 0.5) is 0 Å². The van der Waals surface area contributed by atoms with Crippen molar-refractivity contribution < 1.29 is 4.79 Å². The van der Waals surface area contributed by atoms with Crippen molar-refractivity contribution in [2.45, 2.75) is 5.50 Å². The molecule has 4 heteroatoms. The van der Waals surface area contributed by atoms with Crippen molar-refractivity contribution in [3.05, 3.63) is 34.9 Å². The molecule has 1 aromatic rings. The normalized spacial score (nSPS) is 12.6. The van der Waals surface area contributed by atoms with E-state index in [0.717, 1.165) is 0 Å². The van der Waals surface area contributed by atoms with Crippen LogP contribution in [0.2, 0.25) is 5.02 Å². The SMILES string of the molecule is NC(Cl)C(=O)c1cccc(Cl)c1. The standard InChI is InChI=1S/C8H7Cl2NO/c9-6-3-1-2-5(4-6)7(12)8(10)11/h1-4,8H,11H2. The molecular weight excluding hydrogens is 197 g/mol. The summed E-state index contributed by atoms with van der Waals surface area (Å²) in [7, 11) is 0. The first-order valence-electron chi connectivity index (χ1n) is 3.30. The molecule has 1 unspecified atom stereocenters. The minimum atomic E-state index is -0.997. The Hall–Kier alpha value is -0.570. The Balaban J connectivity index is 2.96. The van der Waals surface area contributed by atoms with Gasteiger partial charge in [0.1, 0.15) is 5.50 Å². The molecule has 2 nitrogen and oxygen atoms in total. The van der Waals surface area contributed by atoms with Gasteiger partial charge in [-0.05, 0) is 12.1 Å². The minimum Gasteiger partial charge on any atom is -0.309 e. The monoisotopic (exact) mass is 203 g/mol. The molecule has 2 N–H and O–H groups in total. The quantitative estimate of drug-likeness (QED) is 0.455. The van der Waals surface area contributed by atoms with E-state index in [1.165, 1.54) is 6.07 Å². The molecule has 1 rings (SSSR count). The van der Waals surface area contributed by atoms with Gasteiger partial charge in [0.25, 0.3) is 0 Å². The topological polar surface area (TPSA) is 43.1 Å². The zero-order valence-electron chi connectivity index (χ0n) is 6.13. The highest BCUT2D eigenvalue weighted by Gasteiger charge is 2.11. The molecule has 0 aliphatic carbocycles. The lowest BCUT2D eigenvalue weighted by molar-refractivity contribution is 0.0988. The maximum Gasteiger partial charge on any atom is 0.194 e. The van der Waals surface area contributed by atoms with Gasteiger partial charge in [0.2, 0.25) is 0 Å². The van der Waals surface area contributed by atoms with Crippen molar-refractivity contribution in [1.82, 2.24) is 0 Å². The number of benzene rings is 1. The zero-order chi connectivity index (χ0) is 9.14. The Kier molecular flexibility index (Phi) is 3.09. The lowest BCUT2D eigenvalue weighted by Gasteiger charge is -2.01. The second-order valence-corrected chi connectivity index (χ2v) is 3.18. The van der Waals surface area contributed by atoms with Crippen LogP contribution in [0.3, 0.4) is 0 Å². The summed E-state index contributed by atoms with van der Waals surface area (Å²) in [6, 6.07) is 6.51. The van der Waals surface area contributed by atoms with Gasteiger partial charge in [0.15, 0.2) is 5.78 Å². The van der Waals surface area contributed by atoms with Crippen molar-refractivity contribution in [2.75, 3.05) is 0 Å². The van der Waals surface area contributed by atoms with Crippen LogP contribution in [0.25, 0.3) is 0 Å². The largest absolute Gasteiger partial charge is 0.309 e. The maximum atomic E-state index is 11.2. The van der Waals surface area contributed by atoms with Crippen LogP contribution in [0, 0.1) is 0 Å². The first-order valence-corrected chi connectivity index (χ1v) is 4.12. The predicted molar refractivity (Wildman–Crippen MR) is 49.6 cm³/mol. The van der Waals surface area contributed by atoms with Gasteiger partial charge in [-0.25, -0.2) is 0 Å². The summed E-state index contributed by atoms with van der Waals surface area (Å²) in [5.74, 6) is -0.320. The summed E-state index contributed by atoms with van der Waals surface area (Å²) in [4.78, 5) is 11.2. The van der Waals surface area contributed by atoms with Gasteiger partial charge in [0, 0.05) is 10.6 Å². The summed E-state index contributed by atoms with van der Waals surface area (Å²) in [6.45, 7) is 0. The second-order valence-electron chi connectivity index (χ2n) is 2.28. The third-order valence-electron chi connectivity index (χ3n) is 1.36. The van der Waals surface area contributed by atoms with Crippen LogP contribution in [-0.4, -0.2) is 11.3 Å². The number of Topliss-reactive ketones (excluding diaryl/α,β-unsaturated/α-hetero) is 1. The summed E-state index contributed by atoms with van der Waals surface area (Å²) >= 11 is 11.1. The molecule has 0 aliphatic rings. The molecule has 0 amide bonds. The van der Waals surface area contributed by atoms with E-state index in [4.69, 9.17) is 28.9 Å². The number of rotatable bonds is 2. The van der Waals surface area contributed by atoms with Crippen molar-refractivity contribution >= 4 is 29.0 Å². The third-order valence-corrected chi connectivity index (χ3v) is 1.79. The van der Waals surface area contributed by atoms with Gasteiger partial charge < -0.3 is 5.73 Å². The smallest absolute Gasteiger partial charge is 0.194 e. The number of hydrogen-bond donors (Lipinski definition) is 1. The van der Waals surface area contributed by atoms with E-state index in [1.807, 2.05) is 0 Å². The van der Waals surface area contributed by atoms with Gasteiger partial charge in [-0.1, -0.05) is 35.3 Å². The van der Waals surface area contributed by atoms with E-state index >= 15 is 0 Å². The first kappa shape index (κ1) is 9.52. The molecule has 0 bridgehead atoms. The Bertz CT molecular complexity index is 299. The zero-order valence-corrected chi connectivity index (χ0v) is 7.64. The highest BCUT2D eigenvalue weighted by atomic mass is 35.5. The fourth-order valence-corrected chi connectivity index (χ4v) is 1.12. The van der Waals surface area contributed by atoms with E-state index < -0.39 is 5.50 Å². The molecule has 0 saturated carbocycles. The Morgan fingerprint density at radius 1 is 1.50 bits per heavy atom. The summed E-state index contributed by atoms with van der Waals surface area (Å²) in [6.07, 6.45) is 0. The Labute approximate surface area is 80.3 Å². The first-order chi connectivity index (χ1) is 5.61. The molecule has 0 saturated heterocycles. The molecule has 0 spiro atoms. The third kappa shape index (κ3) is 2.21. The lowest BCUT2D eigenvalue weighted by atomic mass is 10.1. The number of halogens is 2. The fraction of sp³-hybridized carbons (Fsp3) is 0.125. The van der Waals surface area contributed by atoms with Crippen LogP contribution in [0.15, 0.2) is 24.3 Å². The summed E-state index contributed by atoms with van der Waals surface area (Å²) < 4.78 is 0. The number of carbonyl (C=O) groups is 1. The number of hydrogen-bond acceptors (Lipinski definition) is 2. The molecule has 1 aromatic carbocycles. The van der Waals surface area contributed by atoms with Crippen LogP contribution in [0.5, 0.6) is 0 Å². The number of carbonyl (C=O) groups excluding carboxylic acids is 1. The van der Waals surface area contributed by atoms with E-state index in [1.54, 1.807) is 18.2 Å².